The largest absolute Gasteiger partial charge is 0.480 e. The van der Waals surface area contributed by atoms with Crippen molar-refractivity contribution in [2.75, 3.05) is 19.7 Å². The molecule has 0 bridgehead atoms. The van der Waals surface area contributed by atoms with E-state index in [4.69, 9.17) is 20.3 Å². The number of ether oxygens (including phenoxy) is 2. The van der Waals surface area contributed by atoms with Gasteiger partial charge < -0.3 is 50.7 Å². The lowest BCUT2D eigenvalue weighted by Gasteiger charge is -2.23. The number of alkyl carbamates (subject to hydrolysis) is 2. The molecule has 4 rings (SSSR count). The average Bonchev–Trinajstić information content (AvgIpc) is 3.65. The number of nitrogens with two attached hydrogens (primary N) is 1. The maximum absolute atomic E-state index is 13.4. The predicted molar refractivity (Wildman–Crippen MR) is 221 cm³/mol. The molecule has 2 aromatic carbocycles. The third-order valence-corrected chi connectivity index (χ3v) is 8.72. The third kappa shape index (κ3) is 14.5. The number of fused-ring (bicyclic) bond motifs is 2. The van der Waals surface area contributed by atoms with Crippen LogP contribution in [0.1, 0.15) is 51.2 Å². The average molecular weight is 788 g/mol. The summed E-state index contributed by atoms with van der Waals surface area (Å²) in [7, 11) is 3.86. The molecule has 7 N–H and O–H groups in total. The molecule has 0 unspecified atom stereocenters. The zero-order chi connectivity index (χ0) is 42.1. The maximum Gasteiger partial charge on any atom is 0.408 e. The second-order valence-electron chi connectivity index (χ2n) is 14.5. The van der Waals surface area contributed by atoms with Crippen molar-refractivity contribution in [1.82, 2.24) is 30.4 Å². The van der Waals surface area contributed by atoms with Crippen LogP contribution >= 0.6 is 0 Å². The van der Waals surface area contributed by atoms with Crippen molar-refractivity contribution in [3.05, 3.63) is 97.4 Å². The van der Waals surface area contributed by atoms with Gasteiger partial charge in [-0.15, -0.1) is 6.58 Å². The fourth-order valence-electron chi connectivity index (χ4n) is 6.06. The second kappa shape index (κ2) is 21.9. The van der Waals surface area contributed by atoms with Crippen molar-refractivity contribution in [3.8, 4) is 0 Å². The third-order valence-electron chi connectivity index (χ3n) is 8.72. The van der Waals surface area contributed by atoms with Crippen molar-refractivity contribution < 1.29 is 38.6 Å². The number of rotatable bonds is 18. The molecular weight excluding hydrogens is 731 g/mol. The van der Waals surface area contributed by atoms with E-state index in [1.54, 1.807) is 26.8 Å². The van der Waals surface area contributed by atoms with Crippen LogP contribution in [-0.2, 0) is 50.8 Å². The lowest BCUT2D eigenvalue weighted by atomic mass is 10.0. The summed E-state index contributed by atoms with van der Waals surface area (Å²) in [6.07, 6.45) is 7.41. The standard InChI is InChI=1S/C30H43N5O6.C12H14N2O2/c1-7-16-31-26(36)24(19-21-20-35(6)25-15-10-9-13-22(21)25)33-27(37)23(34-29(39)40-18-8-2)14-11-12-17-32-28(38)41-30(3,4)5;1-14-7-8(6-10(13)12(15)16)9-4-2-3-5-11(9)14/h7-10,13,15,20,23-24H,1-2,11-12,14,16-19H2,3-6H3,(H,31,36)(H,32,38)(H,33,37)(H,34,39);2-5,7,10H,6,13H2,1H3,(H,15,16)/t23-,24-;10-/m00/s1. The molecule has 0 spiro atoms. The smallest absolute Gasteiger partial charge is 0.408 e. The van der Waals surface area contributed by atoms with Gasteiger partial charge >= 0.3 is 18.2 Å². The monoisotopic (exact) mass is 787 g/mol. The highest BCUT2D eigenvalue weighted by Crippen LogP contribution is 2.23. The summed E-state index contributed by atoms with van der Waals surface area (Å²) < 4.78 is 14.2. The predicted octanol–water partition coefficient (Wildman–Crippen LogP) is 4.62. The summed E-state index contributed by atoms with van der Waals surface area (Å²) in [5.41, 5.74) is 8.90. The number of carbonyl (C=O) groups excluding carboxylic acids is 4. The summed E-state index contributed by atoms with van der Waals surface area (Å²) in [5.74, 6) is -1.87. The Kier molecular flexibility index (Phi) is 17.4. The van der Waals surface area contributed by atoms with E-state index in [0.717, 1.165) is 32.9 Å². The van der Waals surface area contributed by atoms with E-state index in [0.29, 0.717) is 25.8 Å². The number of carboxylic acids is 1. The molecule has 0 aliphatic rings. The van der Waals surface area contributed by atoms with E-state index in [1.807, 2.05) is 84.2 Å². The number of benzene rings is 2. The van der Waals surface area contributed by atoms with Crippen LogP contribution in [0.5, 0.6) is 0 Å². The normalized spacial score (nSPS) is 12.6. The second-order valence-corrected chi connectivity index (χ2v) is 14.5. The van der Waals surface area contributed by atoms with E-state index < -0.39 is 47.8 Å². The zero-order valence-corrected chi connectivity index (χ0v) is 33.5. The number of hydrogen-bond acceptors (Lipinski definition) is 8. The van der Waals surface area contributed by atoms with E-state index >= 15 is 0 Å². The summed E-state index contributed by atoms with van der Waals surface area (Å²) in [6.45, 7) is 13.0. The summed E-state index contributed by atoms with van der Waals surface area (Å²) in [5, 5.41) is 21.7. The summed E-state index contributed by atoms with van der Waals surface area (Å²) in [4.78, 5) is 61.4. The van der Waals surface area contributed by atoms with Crippen LogP contribution in [0.15, 0.2) is 86.2 Å². The Morgan fingerprint density at radius 2 is 1.37 bits per heavy atom. The van der Waals surface area contributed by atoms with Gasteiger partial charge in [0, 0.05) is 74.2 Å². The first kappa shape index (κ1) is 45.3. The lowest BCUT2D eigenvalue weighted by Crippen LogP contribution is -2.54. The number of nitrogens with zero attached hydrogens (tertiary/aromatic N) is 2. The Morgan fingerprint density at radius 3 is 1.91 bits per heavy atom. The molecule has 308 valence electrons. The first-order valence-corrected chi connectivity index (χ1v) is 18.8. The number of amides is 4. The number of unbranched alkanes of at least 4 members (excludes halogenated alkanes) is 1. The number of nitrogens with one attached hydrogen (secondary N) is 4. The van der Waals surface area contributed by atoms with Gasteiger partial charge in [0.2, 0.25) is 11.8 Å². The molecule has 3 atom stereocenters. The van der Waals surface area contributed by atoms with Gasteiger partial charge in [-0.2, -0.15) is 0 Å². The van der Waals surface area contributed by atoms with Crippen LogP contribution in [0.3, 0.4) is 0 Å². The van der Waals surface area contributed by atoms with Gasteiger partial charge in [-0.3, -0.25) is 14.4 Å². The molecule has 0 saturated heterocycles. The molecule has 0 aliphatic heterocycles. The van der Waals surface area contributed by atoms with Crippen molar-refractivity contribution >= 4 is 51.8 Å². The minimum atomic E-state index is -0.976. The van der Waals surface area contributed by atoms with Crippen molar-refractivity contribution in [2.45, 2.75) is 76.6 Å². The number of aliphatic carboxylic acids is 1. The molecule has 4 amide bonds. The highest BCUT2D eigenvalue weighted by molar-refractivity contribution is 5.92. The fraction of sp³-hybridized carbons (Fsp3) is 0.405. The molecule has 0 saturated carbocycles. The SMILES string of the molecule is C=CCNC(=O)[C@H](Cc1cn(C)c2ccccc12)NC(=O)[C@H](CCCCNC(=O)OC(C)(C)C)NC(=O)OCC=C.Cn1cc(C[C@H](N)C(=O)O)c2ccccc21. The van der Waals surface area contributed by atoms with Gasteiger partial charge in [-0.25, -0.2) is 9.59 Å². The Balaban J connectivity index is 0.000000448. The Labute approximate surface area is 333 Å². The van der Waals surface area contributed by atoms with Crippen molar-refractivity contribution in [2.24, 2.45) is 19.8 Å². The summed E-state index contributed by atoms with van der Waals surface area (Å²) >= 11 is 0. The molecular formula is C42H57N7O8. The van der Waals surface area contributed by atoms with Gasteiger partial charge in [0.15, 0.2) is 0 Å². The van der Waals surface area contributed by atoms with E-state index in [9.17, 15) is 24.0 Å². The molecule has 57 heavy (non-hydrogen) atoms. The van der Waals surface area contributed by atoms with E-state index in [1.165, 1.54) is 6.08 Å². The molecule has 0 radical (unpaired) electrons. The number of hydrogen-bond donors (Lipinski definition) is 6. The van der Waals surface area contributed by atoms with Crippen LogP contribution in [-0.4, -0.2) is 87.6 Å². The van der Waals surface area contributed by atoms with Gasteiger partial charge in [0.1, 0.15) is 30.3 Å². The van der Waals surface area contributed by atoms with Crippen LogP contribution in [0.25, 0.3) is 21.8 Å². The van der Waals surface area contributed by atoms with Gasteiger partial charge in [0.05, 0.1) is 0 Å². The summed E-state index contributed by atoms with van der Waals surface area (Å²) in [6, 6.07) is 13.0. The number of aryl methyl sites for hydroxylation is 2. The van der Waals surface area contributed by atoms with E-state index in [-0.39, 0.29) is 31.9 Å². The molecule has 15 heteroatoms. The molecule has 4 aromatic rings. The quantitative estimate of drug-likeness (QED) is 0.0614. The van der Waals surface area contributed by atoms with Crippen LogP contribution < -0.4 is 27.0 Å². The van der Waals surface area contributed by atoms with E-state index in [2.05, 4.69) is 34.4 Å². The molecule has 15 nitrogen and oxygen atoms in total. The number of aromatic nitrogens is 2. The molecule has 2 heterocycles. The van der Waals surface area contributed by atoms with Gasteiger partial charge in [0.25, 0.3) is 0 Å². The van der Waals surface area contributed by atoms with Crippen LogP contribution in [0.4, 0.5) is 9.59 Å². The molecule has 0 aliphatic carbocycles. The Hall–Kier alpha value is -6.09. The Bertz CT molecular complexity index is 2010. The van der Waals surface area contributed by atoms with Crippen molar-refractivity contribution in [3.63, 3.8) is 0 Å². The Morgan fingerprint density at radius 1 is 0.789 bits per heavy atom. The van der Waals surface area contributed by atoms with Gasteiger partial charge in [-0.1, -0.05) is 55.1 Å². The number of carbonyl (C=O) groups is 5. The van der Waals surface area contributed by atoms with Crippen LogP contribution in [0, 0.1) is 0 Å². The lowest BCUT2D eigenvalue weighted by molar-refractivity contribution is -0.138. The first-order chi connectivity index (χ1) is 27.0. The molecule has 2 aromatic heterocycles. The highest BCUT2D eigenvalue weighted by atomic mass is 16.6. The first-order valence-electron chi connectivity index (χ1n) is 18.8. The minimum absolute atomic E-state index is 0.0202. The minimum Gasteiger partial charge on any atom is -0.480 e. The molecule has 0 fully saturated rings. The van der Waals surface area contributed by atoms with Crippen molar-refractivity contribution in [1.29, 1.82) is 0 Å². The van der Waals surface area contributed by atoms with Crippen LogP contribution in [0.2, 0.25) is 0 Å². The number of para-hydroxylation sites is 2. The maximum atomic E-state index is 13.4. The number of carboxylic acid groups (broad SMARTS) is 1. The highest BCUT2D eigenvalue weighted by Gasteiger charge is 2.28. The fourth-order valence-corrected chi connectivity index (χ4v) is 6.06. The zero-order valence-electron chi connectivity index (χ0n) is 33.5. The topological polar surface area (TPSA) is 208 Å². The van der Waals surface area contributed by atoms with Gasteiger partial charge in [-0.05, 0) is 63.3 Å².